The molecule has 0 atom stereocenters. The number of fused-ring (bicyclic) bond motifs is 1. The molecular formula is C20H20FN7O. The zero-order valence-electron chi connectivity index (χ0n) is 16.4. The monoisotopic (exact) mass is 393 g/mol. The highest BCUT2D eigenvalue weighted by molar-refractivity contribution is 5.92. The Labute approximate surface area is 166 Å². The van der Waals surface area contributed by atoms with Crippen molar-refractivity contribution in [2.75, 3.05) is 25.1 Å². The number of imidazole rings is 1. The first-order chi connectivity index (χ1) is 14.1. The Morgan fingerprint density at radius 3 is 2.66 bits per heavy atom. The molecule has 4 heterocycles. The lowest BCUT2D eigenvalue weighted by molar-refractivity contribution is 0.411. The molecule has 1 aliphatic rings. The lowest BCUT2D eigenvalue weighted by Gasteiger charge is -2.32. The molecule has 29 heavy (non-hydrogen) atoms. The standard InChI is InChI=1S/C20H20FN7O/c1-12-25-17(19-20(27-7-4-8-27)22-11-24-28(12)19)15-10-23-26(2)18(15)14-6-5-13(29-3)9-16(14)21/h5-6,9-11H,4,7-8H2,1-3H3. The average molecular weight is 393 g/mol. The van der Waals surface area contributed by atoms with E-state index in [-0.39, 0.29) is 5.82 Å². The Balaban J connectivity index is 1.76. The van der Waals surface area contributed by atoms with Crippen molar-refractivity contribution < 1.29 is 9.13 Å². The van der Waals surface area contributed by atoms with Crippen LogP contribution in [0.2, 0.25) is 0 Å². The van der Waals surface area contributed by atoms with Crippen molar-refractivity contribution in [3.63, 3.8) is 0 Å². The number of nitrogens with zero attached hydrogens (tertiary/aromatic N) is 7. The number of aryl methyl sites for hydroxylation is 2. The maximum absolute atomic E-state index is 14.9. The topological polar surface area (TPSA) is 73.4 Å². The molecule has 0 saturated carbocycles. The number of aromatic nitrogens is 6. The second kappa shape index (κ2) is 6.54. The second-order valence-electron chi connectivity index (χ2n) is 7.07. The van der Waals surface area contributed by atoms with Crippen molar-refractivity contribution >= 4 is 11.3 Å². The van der Waals surface area contributed by atoms with Gasteiger partial charge in [-0.05, 0) is 25.5 Å². The van der Waals surface area contributed by atoms with Gasteiger partial charge in [-0.2, -0.15) is 10.2 Å². The number of rotatable bonds is 4. The Kier molecular flexibility index (Phi) is 3.97. The summed E-state index contributed by atoms with van der Waals surface area (Å²) < 4.78 is 23.5. The molecule has 0 amide bonds. The van der Waals surface area contributed by atoms with Crippen molar-refractivity contribution in [2.45, 2.75) is 13.3 Å². The van der Waals surface area contributed by atoms with E-state index in [0.717, 1.165) is 42.2 Å². The molecule has 0 aliphatic carbocycles. The van der Waals surface area contributed by atoms with Crippen molar-refractivity contribution in [1.29, 1.82) is 0 Å². The summed E-state index contributed by atoms with van der Waals surface area (Å²) in [5, 5.41) is 8.77. The van der Waals surface area contributed by atoms with Crippen molar-refractivity contribution in [3.05, 3.63) is 42.4 Å². The third kappa shape index (κ3) is 2.65. The van der Waals surface area contributed by atoms with Crippen molar-refractivity contribution in [1.82, 2.24) is 29.4 Å². The normalized spacial score (nSPS) is 13.7. The van der Waals surface area contributed by atoms with Gasteiger partial charge in [0.2, 0.25) is 0 Å². The van der Waals surface area contributed by atoms with E-state index in [9.17, 15) is 4.39 Å². The highest BCUT2D eigenvalue weighted by Crippen LogP contribution is 2.38. The first kappa shape index (κ1) is 17.6. The molecule has 4 aromatic rings. The minimum absolute atomic E-state index is 0.381. The highest BCUT2D eigenvalue weighted by atomic mass is 19.1. The first-order valence-corrected chi connectivity index (χ1v) is 9.40. The molecule has 0 unspecified atom stereocenters. The van der Waals surface area contributed by atoms with E-state index in [4.69, 9.17) is 9.72 Å². The van der Waals surface area contributed by atoms with Gasteiger partial charge in [0.15, 0.2) is 5.82 Å². The van der Waals surface area contributed by atoms with E-state index in [0.29, 0.717) is 22.7 Å². The summed E-state index contributed by atoms with van der Waals surface area (Å²) in [6.07, 6.45) is 4.40. The van der Waals surface area contributed by atoms with E-state index < -0.39 is 0 Å². The van der Waals surface area contributed by atoms with E-state index in [2.05, 4.69) is 20.1 Å². The molecular weight excluding hydrogens is 373 g/mol. The SMILES string of the molecule is COc1ccc(-c2c(-c3nc(C)n4ncnc(N5CCC5)c34)cnn2C)c(F)c1. The lowest BCUT2D eigenvalue weighted by atomic mass is 10.0. The molecule has 1 aliphatic heterocycles. The van der Waals surface area contributed by atoms with Crippen molar-refractivity contribution in [3.8, 4) is 28.3 Å². The quantitative estimate of drug-likeness (QED) is 0.531. The van der Waals surface area contributed by atoms with E-state index in [1.54, 1.807) is 40.9 Å². The summed E-state index contributed by atoms with van der Waals surface area (Å²) in [5.41, 5.74) is 3.32. The average Bonchev–Trinajstić information content (AvgIpc) is 3.21. The van der Waals surface area contributed by atoms with Crippen LogP contribution >= 0.6 is 0 Å². The second-order valence-corrected chi connectivity index (χ2v) is 7.07. The zero-order valence-corrected chi connectivity index (χ0v) is 16.4. The number of hydrogen-bond donors (Lipinski definition) is 0. The van der Waals surface area contributed by atoms with Gasteiger partial charge in [0.05, 0.1) is 19.0 Å². The third-order valence-corrected chi connectivity index (χ3v) is 5.36. The molecule has 1 fully saturated rings. The Hall–Kier alpha value is -3.49. The fraction of sp³-hybridized carbons (Fsp3) is 0.300. The summed E-state index contributed by atoms with van der Waals surface area (Å²) in [6, 6.07) is 4.81. The summed E-state index contributed by atoms with van der Waals surface area (Å²) in [7, 11) is 3.31. The van der Waals surface area contributed by atoms with Crippen LogP contribution in [0.4, 0.5) is 10.2 Å². The molecule has 5 rings (SSSR count). The summed E-state index contributed by atoms with van der Waals surface area (Å²) in [4.78, 5) is 11.5. The minimum Gasteiger partial charge on any atom is -0.497 e. The third-order valence-electron chi connectivity index (χ3n) is 5.36. The maximum Gasteiger partial charge on any atom is 0.158 e. The van der Waals surface area contributed by atoms with Crippen molar-refractivity contribution in [2.24, 2.45) is 7.05 Å². The Morgan fingerprint density at radius 1 is 1.14 bits per heavy atom. The Morgan fingerprint density at radius 2 is 1.97 bits per heavy atom. The van der Waals surface area contributed by atoms with Crippen LogP contribution in [0.15, 0.2) is 30.7 Å². The predicted octanol–water partition coefficient (Wildman–Crippen LogP) is 2.86. The molecule has 8 nitrogen and oxygen atoms in total. The first-order valence-electron chi connectivity index (χ1n) is 9.40. The van der Waals surface area contributed by atoms with Gasteiger partial charge in [0, 0.05) is 37.3 Å². The molecule has 148 valence electrons. The molecule has 9 heteroatoms. The van der Waals surface area contributed by atoms with Crippen LogP contribution in [-0.2, 0) is 7.05 Å². The molecule has 0 spiro atoms. The molecule has 3 aromatic heterocycles. The molecule has 0 radical (unpaired) electrons. The van der Waals surface area contributed by atoms with Gasteiger partial charge < -0.3 is 9.64 Å². The van der Waals surface area contributed by atoms with Crippen LogP contribution in [0.3, 0.4) is 0 Å². The summed E-state index contributed by atoms with van der Waals surface area (Å²) in [6.45, 7) is 3.79. The molecule has 0 N–H and O–H groups in total. The Bertz CT molecular complexity index is 1230. The van der Waals surface area contributed by atoms with Gasteiger partial charge in [-0.3, -0.25) is 4.68 Å². The van der Waals surface area contributed by atoms with E-state index in [1.165, 1.54) is 13.2 Å². The van der Waals surface area contributed by atoms with E-state index >= 15 is 0 Å². The van der Waals surface area contributed by atoms with E-state index in [1.807, 2.05) is 6.92 Å². The molecule has 1 saturated heterocycles. The zero-order chi connectivity index (χ0) is 20.1. The number of ether oxygens (including phenoxy) is 1. The van der Waals surface area contributed by atoms with Gasteiger partial charge in [0.1, 0.15) is 34.9 Å². The highest BCUT2D eigenvalue weighted by Gasteiger charge is 2.26. The summed E-state index contributed by atoms with van der Waals surface area (Å²) in [5.74, 6) is 1.66. The van der Waals surface area contributed by atoms with Gasteiger partial charge >= 0.3 is 0 Å². The predicted molar refractivity (Wildman–Crippen MR) is 106 cm³/mol. The number of hydrogen-bond acceptors (Lipinski definition) is 6. The van der Waals surface area contributed by atoms with Crippen LogP contribution in [0.5, 0.6) is 5.75 Å². The van der Waals surface area contributed by atoms with Gasteiger partial charge in [-0.15, -0.1) is 0 Å². The fourth-order valence-corrected chi connectivity index (χ4v) is 3.75. The van der Waals surface area contributed by atoms with Crippen LogP contribution < -0.4 is 9.64 Å². The molecule has 1 aromatic carbocycles. The fourth-order valence-electron chi connectivity index (χ4n) is 3.75. The summed E-state index contributed by atoms with van der Waals surface area (Å²) >= 11 is 0. The van der Waals surface area contributed by atoms with Gasteiger partial charge in [-0.1, -0.05) is 0 Å². The number of anilines is 1. The lowest BCUT2D eigenvalue weighted by Crippen LogP contribution is -2.38. The minimum atomic E-state index is -0.381. The van der Waals surface area contributed by atoms with Gasteiger partial charge in [0.25, 0.3) is 0 Å². The van der Waals surface area contributed by atoms with Crippen LogP contribution in [-0.4, -0.2) is 49.6 Å². The van der Waals surface area contributed by atoms with Crippen LogP contribution in [0.25, 0.3) is 28.0 Å². The number of benzene rings is 1. The smallest absolute Gasteiger partial charge is 0.158 e. The number of halogens is 1. The maximum atomic E-state index is 14.9. The van der Waals surface area contributed by atoms with Gasteiger partial charge in [-0.25, -0.2) is 18.9 Å². The molecule has 0 bridgehead atoms. The van der Waals surface area contributed by atoms with Crippen LogP contribution in [0, 0.1) is 12.7 Å². The number of methoxy groups -OCH3 is 1. The van der Waals surface area contributed by atoms with Crippen LogP contribution in [0.1, 0.15) is 12.2 Å². The largest absolute Gasteiger partial charge is 0.497 e.